The van der Waals surface area contributed by atoms with Gasteiger partial charge in [0.1, 0.15) is 5.76 Å². The van der Waals surface area contributed by atoms with Crippen LogP contribution in [0.5, 0.6) is 0 Å². The summed E-state index contributed by atoms with van der Waals surface area (Å²) < 4.78 is 5.88. The van der Waals surface area contributed by atoms with Gasteiger partial charge < -0.3 is 4.74 Å². The summed E-state index contributed by atoms with van der Waals surface area (Å²) >= 11 is 0. The molecule has 0 amide bonds. The lowest BCUT2D eigenvalue weighted by Crippen LogP contribution is -2.42. The first-order chi connectivity index (χ1) is 13.1. The Morgan fingerprint density at radius 2 is 1.71 bits per heavy atom. The van der Waals surface area contributed by atoms with Crippen LogP contribution in [0.4, 0.5) is 0 Å². The monoisotopic (exact) mass is 384 g/mol. The first kappa shape index (κ1) is 22.7. The number of ether oxygens (including phenoxy) is 1. The predicted octanol–water partition coefficient (Wildman–Crippen LogP) is 7.68. The van der Waals surface area contributed by atoms with Gasteiger partial charge in [-0.25, -0.2) is 0 Å². The molecule has 0 bridgehead atoms. The molecule has 0 aromatic rings. The molecule has 2 aliphatic rings. The van der Waals surface area contributed by atoms with E-state index in [0.717, 1.165) is 44.3 Å². The van der Waals surface area contributed by atoms with E-state index in [9.17, 15) is 4.79 Å². The van der Waals surface area contributed by atoms with Crippen LogP contribution in [-0.2, 0) is 9.53 Å². The molecule has 1 heterocycles. The molecular weight excluding hydrogens is 344 g/mol. The zero-order valence-corrected chi connectivity index (χ0v) is 19.2. The summed E-state index contributed by atoms with van der Waals surface area (Å²) in [4.78, 5) is 12.1. The molecule has 1 saturated heterocycles. The van der Waals surface area contributed by atoms with Gasteiger partial charge in [-0.3, -0.25) is 4.79 Å². The Labute approximate surface area is 172 Å². The van der Waals surface area contributed by atoms with Crippen LogP contribution in [0.2, 0.25) is 0 Å². The Kier molecular flexibility index (Phi) is 7.53. The summed E-state index contributed by atoms with van der Waals surface area (Å²) in [6.07, 6.45) is 16.2. The molecule has 0 aromatic carbocycles. The van der Waals surface area contributed by atoms with Crippen LogP contribution >= 0.6 is 0 Å². The van der Waals surface area contributed by atoms with Gasteiger partial charge in [0.15, 0.2) is 0 Å². The molecule has 2 nitrogen and oxygen atoms in total. The average Bonchev–Trinajstić information content (AvgIpc) is 2.58. The van der Waals surface area contributed by atoms with E-state index in [4.69, 9.17) is 4.74 Å². The van der Waals surface area contributed by atoms with Gasteiger partial charge in [0, 0.05) is 11.8 Å². The minimum atomic E-state index is -0.0616. The summed E-state index contributed by atoms with van der Waals surface area (Å²) in [5.74, 6) is 1.46. The number of allylic oxidation sites excluding steroid dienone is 8. The minimum absolute atomic E-state index is 0.0125. The fraction of sp³-hybridized carbons (Fsp3) is 0.654. The molecule has 3 atom stereocenters. The van der Waals surface area contributed by atoms with E-state index >= 15 is 0 Å². The molecule has 28 heavy (non-hydrogen) atoms. The molecule has 1 aliphatic carbocycles. The summed E-state index contributed by atoms with van der Waals surface area (Å²) in [5.41, 5.74) is 4.13. The van der Waals surface area contributed by atoms with E-state index in [0.29, 0.717) is 12.3 Å². The van der Waals surface area contributed by atoms with E-state index < -0.39 is 0 Å². The highest BCUT2D eigenvalue weighted by Gasteiger charge is 2.49. The average molecular weight is 385 g/mol. The Hall–Kier alpha value is -1.57. The molecule has 1 aliphatic heterocycles. The lowest BCUT2D eigenvalue weighted by molar-refractivity contribution is -0.148. The lowest BCUT2D eigenvalue weighted by atomic mass is 9.57. The van der Waals surface area contributed by atoms with Crippen molar-refractivity contribution in [3.8, 4) is 0 Å². The standard InChI is InChI=1S/C26H40O2/c1-19(2)9-8-14-25(7)18-23-26(15-12-21(5)6,16-13-24(27)28-23)17-22(25)11-10-20(3)4/h9-10,12,18,22H,8,11,13-17H2,1-7H3/t22-,25-,26-/m0/s1. The normalized spacial score (nSPS) is 29.2. The fourth-order valence-corrected chi connectivity index (χ4v) is 4.62. The van der Waals surface area contributed by atoms with E-state index in [1.807, 2.05) is 0 Å². The summed E-state index contributed by atoms with van der Waals surface area (Å²) in [6.45, 7) is 15.4. The van der Waals surface area contributed by atoms with E-state index in [1.54, 1.807) is 0 Å². The van der Waals surface area contributed by atoms with E-state index in [1.165, 1.54) is 16.7 Å². The highest BCUT2D eigenvalue weighted by molar-refractivity contribution is 5.72. The maximum absolute atomic E-state index is 12.1. The molecule has 2 heteroatoms. The molecule has 0 N–H and O–H groups in total. The largest absolute Gasteiger partial charge is 0.431 e. The maximum atomic E-state index is 12.1. The van der Waals surface area contributed by atoms with Crippen LogP contribution in [-0.4, -0.2) is 5.97 Å². The lowest BCUT2D eigenvalue weighted by Gasteiger charge is -2.50. The third-order valence-electron chi connectivity index (χ3n) is 6.53. The summed E-state index contributed by atoms with van der Waals surface area (Å²) in [7, 11) is 0. The van der Waals surface area contributed by atoms with Gasteiger partial charge in [-0.1, -0.05) is 41.9 Å². The number of hydrogen-bond donors (Lipinski definition) is 0. The van der Waals surface area contributed by atoms with Crippen molar-refractivity contribution >= 4 is 5.97 Å². The molecule has 0 spiro atoms. The van der Waals surface area contributed by atoms with Gasteiger partial charge in [-0.05, 0) is 97.5 Å². The molecule has 2 rings (SSSR count). The smallest absolute Gasteiger partial charge is 0.310 e. The van der Waals surface area contributed by atoms with Crippen molar-refractivity contribution in [3.05, 3.63) is 46.8 Å². The number of carbonyl (C=O) groups excluding carboxylic acids is 1. The van der Waals surface area contributed by atoms with Crippen molar-refractivity contribution in [1.29, 1.82) is 0 Å². The summed E-state index contributed by atoms with van der Waals surface area (Å²) in [6, 6.07) is 0. The second kappa shape index (κ2) is 9.29. The van der Waals surface area contributed by atoms with Crippen LogP contribution in [0.1, 0.15) is 93.4 Å². The van der Waals surface area contributed by atoms with Crippen molar-refractivity contribution in [2.24, 2.45) is 16.7 Å². The minimum Gasteiger partial charge on any atom is -0.431 e. The van der Waals surface area contributed by atoms with Gasteiger partial charge in [-0.15, -0.1) is 0 Å². The van der Waals surface area contributed by atoms with Crippen molar-refractivity contribution in [2.75, 3.05) is 0 Å². The Bertz CT molecular complexity index is 694. The first-order valence-electron chi connectivity index (χ1n) is 10.9. The number of hydrogen-bond acceptors (Lipinski definition) is 2. The third kappa shape index (κ3) is 5.72. The SMILES string of the molecule is CC(C)=CCC[C@@]1(C)C=C2OC(=O)CC[C@@]2(CC=C(C)C)C[C@@H]1CC=C(C)C. The zero-order chi connectivity index (χ0) is 20.9. The molecule has 0 unspecified atom stereocenters. The van der Waals surface area contributed by atoms with Gasteiger partial charge in [-0.2, -0.15) is 0 Å². The highest BCUT2D eigenvalue weighted by atomic mass is 16.5. The van der Waals surface area contributed by atoms with Crippen LogP contribution < -0.4 is 0 Å². The van der Waals surface area contributed by atoms with Crippen LogP contribution in [0.3, 0.4) is 0 Å². The van der Waals surface area contributed by atoms with Crippen LogP contribution in [0.15, 0.2) is 46.8 Å². The maximum Gasteiger partial charge on any atom is 0.310 e. The van der Waals surface area contributed by atoms with Crippen LogP contribution in [0, 0.1) is 16.7 Å². The van der Waals surface area contributed by atoms with Gasteiger partial charge in [0.05, 0.1) is 0 Å². The third-order valence-corrected chi connectivity index (χ3v) is 6.53. The number of rotatable bonds is 7. The highest BCUT2D eigenvalue weighted by Crippen LogP contribution is 2.57. The van der Waals surface area contributed by atoms with Gasteiger partial charge >= 0.3 is 5.97 Å². The van der Waals surface area contributed by atoms with Crippen molar-refractivity contribution in [2.45, 2.75) is 93.4 Å². The second-order valence-electron chi connectivity index (χ2n) is 9.99. The fourth-order valence-electron chi connectivity index (χ4n) is 4.62. The van der Waals surface area contributed by atoms with Gasteiger partial charge in [0.2, 0.25) is 0 Å². The Morgan fingerprint density at radius 3 is 2.32 bits per heavy atom. The first-order valence-corrected chi connectivity index (χ1v) is 10.9. The van der Waals surface area contributed by atoms with Gasteiger partial charge in [0.25, 0.3) is 0 Å². The molecule has 0 aromatic heterocycles. The topological polar surface area (TPSA) is 26.3 Å². The Balaban J connectivity index is 2.43. The number of fused-ring (bicyclic) bond motifs is 1. The zero-order valence-electron chi connectivity index (χ0n) is 19.2. The Morgan fingerprint density at radius 1 is 1.07 bits per heavy atom. The quantitative estimate of drug-likeness (QED) is 0.332. The van der Waals surface area contributed by atoms with Crippen molar-refractivity contribution in [1.82, 2.24) is 0 Å². The van der Waals surface area contributed by atoms with E-state index in [2.05, 4.69) is 72.8 Å². The van der Waals surface area contributed by atoms with Crippen LogP contribution in [0.25, 0.3) is 0 Å². The molecule has 0 radical (unpaired) electrons. The number of esters is 1. The van der Waals surface area contributed by atoms with E-state index in [-0.39, 0.29) is 16.8 Å². The second-order valence-corrected chi connectivity index (χ2v) is 9.99. The molecular formula is C26H40O2. The molecule has 0 saturated carbocycles. The predicted molar refractivity (Wildman–Crippen MR) is 119 cm³/mol. The molecule has 1 fully saturated rings. The van der Waals surface area contributed by atoms with Crippen molar-refractivity contribution < 1.29 is 9.53 Å². The molecule has 156 valence electrons. The van der Waals surface area contributed by atoms with Crippen molar-refractivity contribution in [3.63, 3.8) is 0 Å². The summed E-state index contributed by atoms with van der Waals surface area (Å²) in [5, 5.41) is 0. The number of carbonyl (C=O) groups is 1.